The Kier molecular flexibility index (Phi) is 18.8. The molecular weight excluding hydrogens is 512 g/mol. The Bertz CT molecular complexity index is 790. The molecule has 0 radical (unpaired) electrons. The molecule has 0 aromatic heterocycles. The summed E-state index contributed by atoms with van der Waals surface area (Å²) in [6.07, 6.45) is 3.47. The third-order valence-corrected chi connectivity index (χ3v) is 5.99. The highest BCUT2D eigenvalue weighted by Crippen LogP contribution is 2.21. The second-order valence-corrected chi connectivity index (χ2v) is 10.6. The minimum absolute atomic E-state index is 0.0225. The van der Waals surface area contributed by atoms with Crippen molar-refractivity contribution in [3.05, 3.63) is 47.9 Å². The van der Waals surface area contributed by atoms with Crippen LogP contribution in [0.5, 0.6) is 0 Å². The Morgan fingerprint density at radius 1 is 0.550 bits per heavy atom. The van der Waals surface area contributed by atoms with Gasteiger partial charge in [0.25, 0.3) is 0 Å². The van der Waals surface area contributed by atoms with E-state index in [-0.39, 0.29) is 36.6 Å². The highest BCUT2D eigenvalue weighted by Gasteiger charge is 2.11. The molecule has 0 spiro atoms. The summed E-state index contributed by atoms with van der Waals surface area (Å²) >= 11 is 0. The highest BCUT2D eigenvalue weighted by atomic mass is 16.6. The van der Waals surface area contributed by atoms with Crippen molar-refractivity contribution in [2.75, 3.05) is 53.9 Å². The van der Waals surface area contributed by atoms with Gasteiger partial charge < -0.3 is 37.9 Å². The van der Waals surface area contributed by atoms with E-state index in [1.165, 1.54) is 0 Å². The fourth-order valence-corrected chi connectivity index (χ4v) is 3.52. The monoisotopic (exact) mass is 566 g/mol. The number of hydrogen-bond acceptors (Lipinski definition) is 8. The first-order chi connectivity index (χ1) is 19.0. The zero-order valence-electron chi connectivity index (χ0n) is 26.4. The maximum atomic E-state index is 5.92. The summed E-state index contributed by atoms with van der Waals surface area (Å²) in [7, 11) is 3.34. The topological polar surface area (TPSA) is 73.8 Å². The van der Waals surface area contributed by atoms with Crippen molar-refractivity contribution >= 4 is 11.1 Å². The first kappa shape index (κ1) is 36.1. The summed E-state index contributed by atoms with van der Waals surface area (Å²) in [5.74, 6) is 0. The number of ether oxygens (including phenoxy) is 8. The minimum atomic E-state index is -0.0845. The van der Waals surface area contributed by atoms with Crippen LogP contribution in [-0.4, -0.2) is 90.5 Å². The van der Waals surface area contributed by atoms with Crippen LogP contribution in [-0.2, 0) is 37.9 Å². The second-order valence-electron chi connectivity index (χ2n) is 10.6. The maximum Gasteiger partial charge on any atom is 0.118 e. The summed E-state index contributed by atoms with van der Waals surface area (Å²) in [5, 5.41) is 0. The molecule has 0 saturated carbocycles. The van der Waals surface area contributed by atoms with Gasteiger partial charge in [0.05, 0.1) is 76.6 Å². The predicted molar refractivity (Wildman–Crippen MR) is 160 cm³/mol. The Labute approximate surface area is 242 Å². The molecule has 6 atom stereocenters. The van der Waals surface area contributed by atoms with Gasteiger partial charge in [-0.3, -0.25) is 0 Å². The number of methoxy groups -OCH3 is 2. The molecule has 1 aromatic carbocycles. The summed E-state index contributed by atoms with van der Waals surface area (Å²) in [5.41, 5.74) is 4.23. The molecule has 0 amide bonds. The van der Waals surface area contributed by atoms with Gasteiger partial charge in [0.2, 0.25) is 0 Å². The average molecular weight is 567 g/mol. The van der Waals surface area contributed by atoms with E-state index < -0.39 is 0 Å². The number of hydrogen-bond donors (Lipinski definition) is 0. The Morgan fingerprint density at radius 2 is 0.875 bits per heavy atom. The summed E-state index contributed by atoms with van der Waals surface area (Å²) in [6.45, 7) is 19.1. The lowest BCUT2D eigenvalue weighted by molar-refractivity contribution is -0.0671. The number of benzene rings is 1. The van der Waals surface area contributed by atoms with Gasteiger partial charge in [-0.05, 0) is 83.7 Å². The fraction of sp³-hybridized carbons (Fsp3) is 0.688. The van der Waals surface area contributed by atoms with Crippen LogP contribution in [0.1, 0.15) is 66.5 Å². The van der Waals surface area contributed by atoms with Crippen LogP contribution in [0.25, 0.3) is 11.1 Å². The van der Waals surface area contributed by atoms with Crippen molar-refractivity contribution in [3.63, 3.8) is 0 Å². The molecule has 0 heterocycles. The van der Waals surface area contributed by atoms with E-state index in [2.05, 4.69) is 18.2 Å². The predicted octanol–water partition coefficient (Wildman–Crippen LogP) is 6.13. The molecule has 6 unspecified atom stereocenters. The summed E-state index contributed by atoms with van der Waals surface area (Å²) in [4.78, 5) is 0. The quantitative estimate of drug-likeness (QED) is 0.155. The van der Waals surface area contributed by atoms with E-state index >= 15 is 0 Å². The first-order valence-electron chi connectivity index (χ1n) is 14.2. The largest absolute Gasteiger partial charge is 0.496 e. The van der Waals surface area contributed by atoms with E-state index in [0.29, 0.717) is 39.6 Å². The molecule has 8 heteroatoms. The number of allylic oxidation sites excluding steroid dienone is 2. The standard InChI is InChI=1S/C32H54O8/c1-23(15-35-27(5)19-39-29(7)21-37-25(3)17-33-9)31-12-11-13-32(14-31)24(2)16-36-28(6)20-40-30(8)22-38-26(4)18-34-10/h11-16,25-30H,17-22H2,1-10H3. The third-order valence-electron chi connectivity index (χ3n) is 5.99. The molecule has 0 aliphatic rings. The summed E-state index contributed by atoms with van der Waals surface area (Å²) in [6, 6.07) is 8.31. The molecule has 0 N–H and O–H groups in total. The summed E-state index contributed by atoms with van der Waals surface area (Å²) < 4.78 is 45.2. The molecular formula is C32H54O8. The molecule has 230 valence electrons. The average Bonchev–Trinajstić information content (AvgIpc) is 2.94. The SMILES string of the molecule is COCC(C)OCC(C)OCC(C)OC=C(C)c1cccc(C(C)=COC(C)COC(C)COC(C)COC)c1. The van der Waals surface area contributed by atoms with E-state index in [0.717, 1.165) is 22.3 Å². The van der Waals surface area contributed by atoms with E-state index in [1.54, 1.807) is 26.7 Å². The van der Waals surface area contributed by atoms with Gasteiger partial charge in [-0.15, -0.1) is 0 Å². The van der Waals surface area contributed by atoms with Crippen LogP contribution in [0, 0.1) is 0 Å². The lowest BCUT2D eigenvalue weighted by atomic mass is 10.0. The Hall–Kier alpha value is -1.94. The van der Waals surface area contributed by atoms with Gasteiger partial charge in [0, 0.05) is 14.2 Å². The van der Waals surface area contributed by atoms with Crippen LogP contribution >= 0.6 is 0 Å². The smallest absolute Gasteiger partial charge is 0.118 e. The maximum absolute atomic E-state index is 5.92. The van der Waals surface area contributed by atoms with Crippen molar-refractivity contribution in [2.45, 2.75) is 92.0 Å². The Balaban J connectivity index is 2.50. The molecule has 0 fully saturated rings. The van der Waals surface area contributed by atoms with Gasteiger partial charge in [-0.2, -0.15) is 0 Å². The normalized spacial score (nSPS) is 17.1. The molecule has 0 aliphatic heterocycles. The lowest BCUT2D eigenvalue weighted by Crippen LogP contribution is -2.26. The fourth-order valence-electron chi connectivity index (χ4n) is 3.52. The van der Waals surface area contributed by atoms with Crippen molar-refractivity contribution in [3.8, 4) is 0 Å². The van der Waals surface area contributed by atoms with E-state index in [1.807, 2.05) is 61.5 Å². The molecule has 0 aliphatic carbocycles. The number of rotatable bonds is 22. The lowest BCUT2D eigenvalue weighted by Gasteiger charge is -2.19. The van der Waals surface area contributed by atoms with Crippen LogP contribution < -0.4 is 0 Å². The van der Waals surface area contributed by atoms with Gasteiger partial charge in [0.15, 0.2) is 0 Å². The second kappa shape index (κ2) is 20.9. The Morgan fingerprint density at radius 3 is 1.23 bits per heavy atom. The van der Waals surface area contributed by atoms with Crippen LogP contribution in [0.4, 0.5) is 0 Å². The molecule has 0 saturated heterocycles. The molecule has 1 aromatic rings. The van der Waals surface area contributed by atoms with Crippen LogP contribution in [0.15, 0.2) is 36.8 Å². The molecule has 40 heavy (non-hydrogen) atoms. The molecule has 8 nitrogen and oxygen atoms in total. The van der Waals surface area contributed by atoms with Crippen molar-refractivity contribution in [1.29, 1.82) is 0 Å². The highest BCUT2D eigenvalue weighted by molar-refractivity contribution is 5.70. The minimum Gasteiger partial charge on any atom is -0.496 e. The van der Waals surface area contributed by atoms with Crippen molar-refractivity contribution in [2.24, 2.45) is 0 Å². The van der Waals surface area contributed by atoms with Crippen molar-refractivity contribution in [1.82, 2.24) is 0 Å². The van der Waals surface area contributed by atoms with Crippen LogP contribution in [0.3, 0.4) is 0 Å². The van der Waals surface area contributed by atoms with Gasteiger partial charge in [-0.25, -0.2) is 0 Å². The zero-order valence-corrected chi connectivity index (χ0v) is 26.4. The molecule has 1 rings (SSSR count). The molecule has 0 bridgehead atoms. The van der Waals surface area contributed by atoms with Gasteiger partial charge >= 0.3 is 0 Å². The van der Waals surface area contributed by atoms with E-state index in [9.17, 15) is 0 Å². The van der Waals surface area contributed by atoms with E-state index in [4.69, 9.17) is 37.9 Å². The van der Waals surface area contributed by atoms with Gasteiger partial charge in [0.1, 0.15) is 12.2 Å². The van der Waals surface area contributed by atoms with Crippen LogP contribution in [0.2, 0.25) is 0 Å². The first-order valence-corrected chi connectivity index (χ1v) is 14.2. The zero-order chi connectivity index (χ0) is 29.9. The van der Waals surface area contributed by atoms with Crippen molar-refractivity contribution < 1.29 is 37.9 Å². The van der Waals surface area contributed by atoms with Gasteiger partial charge in [-0.1, -0.05) is 18.2 Å². The third kappa shape index (κ3) is 16.4.